The number of nitrogens with two attached hydrogens (primary N) is 1. The molecule has 0 aromatic carbocycles. The Morgan fingerprint density at radius 1 is 1.56 bits per heavy atom. The Morgan fingerprint density at radius 3 is 3.12 bits per heavy atom. The highest BCUT2D eigenvalue weighted by Gasteiger charge is 2.05. The molecule has 0 atom stereocenters. The highest BCUT2D eigenvalue weighted by atomic mass is 16.5. The second-order valence-electron chi connectivity index (χ2n) is 3.22. The Bertz CT molecular complexity index is 468. The third-order valence-corrected chi connectivity index (χ3v) is 2.19. The van der Waals surface area contributed by atoms with Crippen molar-refractivity contribution < 1.29 is 4.74 Å². The first-order valence-electron chi connectivity index (χ1n) is 4.82. The van der Waals surface area contributed by atoms with Gasteiger partial charge >= 0.3 is 0 Å². The summed E-state index contributed by atoms with van der Waals surface area (Å²) in [6.07, 6.45) is 3.38. The molecule has 0 saturated heterocycles. The summed E-state index contributed by atoms with van der Waals surface area (Å²) in [5.74, 6) is 1.94. The number of pyridine rings is 1. The summed E-state index contributed by atoms with van der Waals surface area (Å²) in [5.41, 5.74) is 6.56. The zero-order valence-electron chi connectivity index (χ0n) is 8.90. The number of nitrogens with one attached hydrogen (secondary N) is 2. The minimum Gasteiger partial charge on any atom is -0.493 e. The van der Waals surface area contributed by atoms with Gasteiger partial charge in [0.05, 0.1) is 13.3 Å². The molecule has 0 aliphatic carbocycles. The fraction of sp³-hybridized carbons (Fsp3) is 0.200. The van der Waals surface area contributed by atoms with Crippen LogP contribution in [0.5, 0.6) is 5.75 Å². The van der Waals surface area contributed by atoms with Gasteiger partial charge in [0.15, 0.2) is 11.6 Å². The molecule has 16 heavy (non-hydrogen) atoms. The molecule has 0 bridgehead atoms. The predicted octanol–water partition coefficient (Wildman–Crippen LogP) is 1.01. The van der Waals surface area contributed by atoms with E-state index in [1.54, 1.807) is 19.5 Å². The molecule has 2 heterocycles. The molecule has 2 aromatic rings. The van der Waals surface area contributed by atoms with E-state index in [1.165, 1.54) is 0 Å². The quantitative estimate of drug-likeness (QED) is 0.714. The van der Waals surface area contributed by atoms with Crippen molar-refractivity contribution in [3.8, 4) is 5.75 Å². The number of H-pyrrole nitrogens is 1. The van der Waals surface area contributed by atoms with E-state index in [-0.39, 0.29) is 0 Å². The maximum atomic E-state index is 5.67. The minimum atomic E-state index is 0.551. The van der Waals surface area contributed by atoms with Gasteiger partial charge in [-0.25, -0.2) is 4.98 Å². The van der Waals surface area contributed by atoms with Crippen LogP contribution in [0.3, 0.4) is 0 Å². The number of anilines is 2. The largest absolute Gasteiger partial charge is 0.493 e. The number of nitrogens with zero attached hydrogens (tertiary/aromatic N) is 2. The average Bonchev–Trinajstić information content (AvgIpc) is 2.72. The van der Waals surface area contributed by atoms with E-state index in [2.05, 4.69) is 20.5 Å². The molecular weight excluding hydrogens is 206 g/mol. The van der Waals surface area contributed by atoms with Crippen molar-refractivity contribution in [1.82, 2.24) is 15.2 Å². The Morgan fingerprint density at radius 2 is 2.44 bits per heavy atom. The number of hydrogen-bond acceptors (Lipinski definition) is 5. The molecule has 0 fully saturated rings. The van der Waals surface area contributed by atoms with Gasteiger partial charge in [-0.05, 0) is 12.1 Å². The molecule has 0 aliphatic rings. The fourth-order valence-corrected chi connectivity index (χ4v) is 1.33. The van der Waals surface area contributed by atoms with E-state index >= 15 is 0 Å². The van der Waals surface area contributed by atoms with E-state index < -0.39 is 0 Å². The normalized spacial score (nSPS) is 10.1. The van der Waals surface area contributed by atoms with Crippen molar-refractivity contribution in [2.24, 2.45) is 0 Å². The van der Waals surface area contributed by atoms with Crippen LogP contribution in [0.4, 0.5) is 11.6 Å². The Balaban J connectivity index is 2.07. The molecule has 84 valence electrons. The molecule has 0 amide bonds. The van der Waals surface area contributed by atoms with Crippen molar-refractivity contribution in [2.45, 2.75) is 6.54 Å². The maximum absolute atomic E-state index is 5.67. The summed E-state index contributed by atoms with van der Waals surface area (Å²) >= 11 is 0. The Hall–Kier alpha value is -2.24. The average molecular weight is 219 g/mol. The highest BCUT2D eigenvalue weighted by molar-refractivity contribution is 5.50. The summed E-state index contributed by atoms with van der Waals surface area (Å²) in [6, 6.07) is 3.66. The number of hydrogen-bond donors (Lipinski definition) is 3. The van der Waals surface area contributed by atoms with E-state index in [0.717, 1.165) is 5.56 Å². The van der Waals surface area contributed by atoms with E-state index in [0.29, 0.717) is 23.9 Å². The van der Waals surface area contributed by atoms with Gasteiger partial charge in [0.1, 0.15) is 5.82 Å². The van der Waals surface area contributed by atoms with Crippen LogP contribution < -0.4 is 15.8 Å². The van der Waals surface area contributed by atoms with Crippen LogP contribution in [0.15, 0.2) is 24.5 Å². The number of aromatic nitrogens is 3. The molecule has 4 N–H and O–H groups in total. The monoisotopic (exact) mass is 219 g/mol. The van der Waals surface area contributed by atoms with Crippen LogP contribution in [-0.4, -0.2) is 22.3 Å². The van der Waals surface area contributed by atoms with E-state index in [4.69, 9.17) is 10.5 Å². The molecule has 2 aromatic heterocycles. The molecule has 0 aliphatic heterocycles. The van der Waals surface area contributed by atoms with Gasteiger partial charge in [-0.15, -0.1) is 0 Å². The molecular formula is C10H13N5O. The zero-order chi connectivity index (χ0) is 11.4. The first kappa shape index (κ1) is 10.3. The number of nitrogen functional groups attached to an aromatic ring is 1. The Labute approximate surface area is 92.8 Å². The minimum absolute atomic E-state index is 0.551. The lowest BCUT2D eigenvalue weighted by Gasteiger charge is -2.08. The molecule has 6 heteroatoms. The Kier molecular flexibility index (Phi) is 2.90. The third-order valence-electron chi connectivity index (χ3n) is 2.19. The first-order chi connectivity index (χ1) is 7.81. The second kappa shape index (κ2) is 4.52. The van der Waals surface area contributed by atoms with E-state index in [9.17, 15) is 0 Å². The summed E-state index contributed by atoms with van der Waals surface area (Å²) in [7, 11) is 1.61. The number of methoxy groups -OCH3 is 1. The SMILES string of the molecule is COc1cccnc1NCc1cn[nH]c1N. The van der Waals surface area contributed by atoms with Crippen LogP contribution in [0.2, 0.25) is 0 Å². The lowest BCUT2D eigenvalue weighted by molar-refractivity contribution is 0.415. The van der Waals surface area contributed by atoms with Crippen LogP contribution in [-0.2, 0) is 6.54 Å². The van der Waals surface area contributed by atoms with Gasteiger partial charge in [0.2, 0.25) is 0 Å². The zero-order valence-corrected chi connectivity index (χ0v) is 8.90. The maximum Gasteiger partial charge on any atom is 0.169 e. The van der Waals surface area contributed by atoms with Gasteiger partial charge in [-0.1, -0.05) is 0 Å². The lowest BCUT2D eigenvalue weighted by Crippen LogP contribution is -2.04. The van der Waals surface area contributed by atoms with Crippen LogP contribution in [0.25, 0.3) is 0 Å². The van der Waals surface area contributed by atoms with Crippen molar-refractivity contribution in [3.05, 3.63) is 30.1 Å². The molecule has 0 spiro atoms. The summed E-state index contributed by atoms with van der Waals surface area (Å²) < 4.78 is 5.17. The van der Waals surface area contributed by atoms with E-state index in [1.807, 2.05) is 12.1 Å². The second-order valence-corrected chi connectivity index (χ2v) is 3.22. The molecule has 0 saturated carbocycles. The topological polar surface area (TPSA) is 88.8 Å². The van der Waals surface area contributed by atoms with Crippen molar-refractivity contribution in [2.75, 3.05) is 18.2 Å². The predicted molar refractivity (Wildman–Crippen MR) is 61.1 cm³/mol. The van der Waals surface area contributed by atoms with Crippen molar-refractivity contribution >= 4 is 11.6 Å². The summed E-state index contributed by atoms with van der Waals surface area (Å²) in [6.45, 7) is 0.551. The van der Waals surface area contributed by atoms with Gasteiger partial charge in [0.25, 0.3) is 0 Å². The van der Waals surface area contributed by atoms with Crippen molar-refractivity contribution in [1.29, 1.82) is 0 Å². The smallest absolute Gasteiger partial charge is 0.169 e. The first-order valence-corrected chi connectivity index (χ1v) is 4.82. The highest BCUT2D eigenvalue weighted by Crippen LogP contribution is 2.21. The van der Waals surface area contributed by atoms with Crippen LogP contribution >= 0.6 is 0 Å². The molecule has 6 nitrogen and oxygen atoms in total. The van der Waals surface area contributed by atoms with Gasteiger partial charge in [-0.3, -0.25) is 5.10 Å². The molecule has 2 rings (SSSR count). The molecule has 0 unspecified atom stereocenters. The number of ether oxygens (including phenoxy) is 1. The summed E-state index contributed by atoms with van der Waals surface area (Å²) in [4.78, 5) is 4.17. The van der Waals surface area contributed by atoms with Gasteiger partial charge < -0.3 is 15.8 Å². The number of rotatable bonds is 4. The fourth-order valence-electron chi connectivity index (χ4n) is 1.33. The van der Waals surface area contributed by atoms with Crippen LogP contribution in [0.1, 0.15) is 5.56 Å². The lowest BCUT2D eigenvalue weighted by atomic mass is 10.3. The van der Waals surface area contributed by atoms with Crippen LogP contribution in [0, 0.1) is 0 Å². The standard InChI is InChI=1S/C10H13N5O/c1-16-8-3-2-4-12-10(8)13-5-7-6-14-15-9(7)11/h2-4,6H,5H2,1H3,(H,12,13)(H3,11,14,15). The van der Waals surface area contributed by atoms with Crippen molar-refractivity contribution in [3.63, 3.8) is 0 Å². The van der Waals surface area contributed by atoms with Gasteiger partial charge in [0, 0.05) is 18.3 Å². The van der Waals surface area contributed by atoms with Gasteiger partial charge in [-0.2, -0.15) is 5.10 Å². The summed E-state index contributed by atoms with van der Waals surface area (Å²) in [5, 5.41) is 9.64. The molecule has 0 radical (unpaired) electrons. The number of aromatic amines is 1. The third kappa shape index (κ3) is 2.05.